The molecule has 0 aliphatic heterocycles. The van der Waals surface area contributed by atoms with Crippen LogP contribution in [0.4, 0.5) is 8.78 Å². The molecule has 0 aromatic carbocycles. The predicted octanol–water partition coefficient (Wildman–Crippen LogP) is 0.548. The first-order valence-corrected chi connectivity index (χ1v) is 5.74. The van der Waals surface area contributed by atoms with Crippen molar-refractivity contribution in [1.82, 2.24) is 15.1 Å². The maximum Gasteiger partial charge on any atom is 0.277 e. The van der Waals surface area contributed by atoms with Gasteiger partial charge in [-0.05, 0) is 13.8 Å². The van der Waals surface area contributed by atoms with Gasteiger partial charge in [0.1, 0.15) is 5.69 Å². The van der Waals surface area contributed by atoms with Crippen LogP contribution in [0.15, 0.2) is 0 Å². The Kier molecular flexibility index (Phi) is 6.87. The molecule has 116 valence electrons. The van der Waals surface area contributed by atoms with Crippen molar-refractivity contribution in [1.29, 1.82) is 0 Å². The number of hydrogen-bond donors (Lipinski definition) is 2. The highest BCUT2D eigenvalue weighted by molar-refractivity contribution is 5.85. The number of halogens is 3. The number of hydrogen-bond acceptors (Lipinski definition) is 4. The molecular formula is C11H19ClF2N4O2. The lowest BCUT2D eigenvalue weighted by molar-refractivity contribution is -0.124. The topological polar surface area (TPSA) is 82.2 Å². The monoisotopic (exact) mass is 312 g/mol. The number of aromatic nitrogens is 2. The maximum atomic E-state index is 12.8. The molecule has 1 amide bonds. The largest absolute Gasteiger partial charge is 0.480 e. The second-order valence-corrected chi connectivity index (χ2v) is 4.25. The fourth-order valence-corrected chi connectivity index (χ4v) is 1.45. The molecule has 1 heterocycles. The zero-order chi connectivity index (χ0) is 14.6. The number of nitrogens with zero attached hydrogens (tertiary/aromatic N) is 2. The molecule has 3 N–H and O–H groups in total. The lowest BCUT2D eigenvalue weighted by atomic mass is 10.3. The van der Waals surface area contributed by atoms with Gasteiger partial charge in [-0.2, -0.15) is 5.10 Å². The van der Waals surface area contributed by atoms with Crippen LogP contribution < -0.4 is 15.8 Å². The lowest BCUT2D eigenvalue weighted by Crippen LogP contribution is -2.43. The lowest BCUT2D eigenvalue weighted by Gasteiger charge is -2.14. The van der Waals surface area contributed by atoms with Gasteiger partial charge >= 0.3 is 0 Å². The van der Waals surface area contributed by atoms with Gasteiger partial charge in [0.15, 0.2) is 12.4 Å². The number of rotatable bonds is 6. The van der Waals surface area contributed by atoms with Crippen LogP contribution in [0.2, 0.25) is 0 Å². The van der Waals surface area contributed by atoms with Crippen molar-refractivity contribution in [2.24, 2.45) is 12.8 Å². The number of nitrogens with one attached hydrogen (secondary N) is 1. The van der Waals surface area contributed by atoms with E-state index in [-0.39, 0.29) is 19.0 Å². The maximum absolute atomic E-state index is 12.8. The molecule has 1 aromatic rings. The van der Waals surface area contributed by atoms with Gasteiger partial charge in [-0.1, -0.05) is 0 Å². The summed E-state index contributed by atoms with van der Waals surface area (Å²) in [5.41, 5.74) is 6.26. The van der Waals surface area contributed by atoms with Crippen molar-refractivity contribution in [3.63, 3.8) is 0 Å². The number of aryl methyl sites for hydroxylation is 2. The van der Waals surface area contributed by atoms with E-state index in [0.717, 1.165) is 5.69 Å². The summed E-state index contributed by atoms with van der Waals surface area (Å²) in [4.78, 5) is 11.4. The van der Waals surface area contributed by atoms with Crippen molar-refractivity contribution in [2.75, 3.05) is 19.7 Å². The van der Waals surface area contributed by atoms with Crippen LogP contribution in [0, 0.1) is 13.8 Å². The molecular weight excluding hydrogens is 294 g/mol. The van der Waals surface area contributed by atoms with E-state index in [1.54, 1.807) is 25.6 Å². The Labute approximate surface area is 122 Å². The normalized spacial score (nSPS) is 10.9. The summed E-state index contributed by atoms with van der Waals surface area (Å²) in [6, 6.07) is 0. The van der Waals surface area contributed by atoms with Gasteiger partial charge in [-0.25, -0.2) is 8.78 Å². The molecule has 1 rings (SSSR count). The Hall–Kier alpha value is -1.41. The van der Waals surface area contributed by atoms with E-state index in [0.29, 0.717) is 11.4 Å². The average molecular weight is 313 g/mol. The van der Waals surface area contributed by atoms with E-state index in [9.17, 15) is 13.6 Å². The minimum absolute atomic E-state index is 0. The quantitative estimate of drug-likeness (QED) is 0.803. The zero-order valence-electron chi connectivity index (χ0n) is 11.6. The van der Waals surface area contributed by atoms with Crippen LogP contribution in [0.5, 0.6) is 5.75 Å². The minimum Gasteiger partial charge on any atom is -0.480 e. The zero-order valence-corrected chi connectivity index (χ0v) is 12.4. The van der Waals surface area contributed by atoms with Crippen LogP contribution in [0.25, 0.3) is 0 Å². The fraction of sp³-hybridized carbons (Fsp3) is 0.636. The number of carbonyl (C=O) groups excluding carboxylic acids is 1. The van der Waals surface area contributed by atoms with Crippen LogP contribution in [0.3, 0.4) is 0 Å². The molecule has 0 saturated carbocycles. The average Bonchev–Trinajstić information content (AvgIpc) is 2.59. The number of amides is 1. The van der Waals surface area contributed by atoms with E-state index in [1.807, 2.05) is 0 Å². The van der Waals surface area contributed by atoms with Gasteiger partial charge < -0.3 is 15.8 Å². The summed E-state index contributed by atoms with van der Waals surface area (Å²) in [5, 5.41) is 6.18. The standard InChI is InChI=1S/C11H18F2N4O2.ClH/c1-7-10(8(2)17(3)16-7)19-4-9(18)15-6-11(12,13)5-14;/h4-6,14H2,1-3H3,(H,15,18);1H. The highest BCUT2D eigenvalue weighted by atomic mass is 35.5. The van der Waals surface area contributed by atoms with Gasteiger partial charge in [0.25, 0.3) is 11.8 Å². The smallest absolute Gasteiger partial charge is 0.277 e. The highest BCUT2D eigenvalue weighted by Gasteiger charge is 2.27. The van der Waals surface area contributed by atoms with Gasteiger partial charge in [0.05, 0.1) is 18.8 Å². The van der Waals surface area contributed by atoms with Crippen molar-refractivity contribution >= 4 is 18.3 Å². The van der Waals surface area contributed by atoms with Crippen LogP contribution in [-0.2, 0) is 11.8 Å². The first-order valence-electron chi connectivity index (χ1n) is 5.74. The van der Waals surface area contributed by atoms with Crippen LogP contribution in [-0.4, -0.2) is 41.3 Å². The van der Waals surface area contributed by atoms with Crippen molar-refractivity contribution in [3.05, 3.63) is 11.4 Å². The third kappa shape index (κ3) is 4.93. The molecule has 1 aromatic heterocycles. The summed E-state index contributed by atoms with van der Waals surface area (Å²) in [6.45, 7) is 1.58. The Morgan fingerprint density at radius 3 is 2.55 bits per heavy atom. The Morgan fingerprint density at radius 2 is 2.10 bits per heavy atom. The number of ether oxygens (including phenoxy) is 1. The number of carbonyl (C=O) groups is 1. The van der Waals surface area contributed by atoms with Crippen molar-refractivity contribution in [3.8, 4) is 5.75 Å². The Morgan fingerprint density at radius 1 is 1.50 bits per heavy atom. The molecule has 0 aliphatic rings. The molecule has 0 spiro atoms. The molecule has 6 nitrogen and oxygen atoms in total. The van der Waals surface area contributed by atoms with E-state index in [4.69, 9.17) is 10.5 Å². The third-order valence-electron chi connectivity index (χ3n) is 2.63. The Balaban J connectivity index is 0.00000361. The van der Waals surface area contributed by atoms with E-state index in [1.165, 1.54) is 0 Å². The SMILES string of the molecule is Cc1nn(C)c(C)c1OCC(=O)NCC(F)(F)CN.Cl. The molecule has 0 unspecified atom stereocenters. The minimum atomic E-state index is -3.10. The van der Waals surface area contributed by atoms with Gasteiger partial charge in [-0.15, -0.1) is 12.4 Å². The molecule has 0 saturated heterocycles. The van der Waals surface area contributed by atoms with Gasteiger partial charge in [-0.3, -0.25) is 9.48 Å². The number of alkyl halides is 2. The first-order chi connectivity index (χ1) is 8.76. The second-order valence-electron chi connectivity index (χ2n) is 4.25. The van der Waals surface area contributed by atoms with Crippen molar-refractivity contribution in [2.45, 2.75) is 19.8 Å². The molecule has 0 radical (unpaired) electrons. The predicted molar refractivity (Wildman–Crippen MR) is 72.4 cm³/mol. The van der Waals surface area contributed by atoms with Gasteiger partial charge in [0.2, 0.25) is 0 Å². The van der Waals surface area contributed by atoms with Crippen LogP contribution >= 0.6 is 12.4 Å². The summed E-state index contributed by atoms with van der Waals surface area (Å²) in [6.07, 6.45) is 0. The fourth-order valence-electron chi connectivity index (χ4n) is 1.45. The molecule has 0 bridgehead atoms. The second kappa shape index (κ2) is 7.39. The van der Waals surface area contributed by atoms with Gasteiger partial charge in [0, 0.05) is 7.05 Å². The molecule has 0 atom stereocenters. The van der Waals surface area contributed by atoms with E-state index >= 15 is 0 Å². The summed E-state index contributed by atoms with van der Waals surface area (Å²) >= 11 is 0. The number of nitrogens with two attached hydrogens (primary N) is 1. The molecule has 9 heteroatoms. The molecule has 0 fully saturated rings. The summed E-state index contributed by atoms with van der Waals surface area (Å²) < 4.78 is 32.5. The summed E-state index contributed by atoms with van der Waals surface area (Å²) in [5.74, 6) is -3.24. The first kappa shape index (κ1) is 18.6. The van der Waals surface area contributed by atoms with Crippen molar-refractivity contribution < 1.29 is 18.3 Å². The van der Waals surface area contributed by atoms with E-state index < -0.39 is 24.9 Å². The molecule has 20 heavy (non-hydrogen) atoms. The van der Waals surface area contributed by atoms with Crippen LogP contribution in [0.1, 0.15) is 11.4 Å². The highest BCUT2D eigenvalue weighted by Crippen LogP contribution is 2.21. The Bertz CT molecular complexity index is 466. The van der Waals surface area contributed by atoms with E-state index in [2.05, 4.69) is 10.4 Å². The third-order valence-corrected chi connectivity index (χ3v) is 2.63. The summed E-state index contributed by atoms with van der Waals surface area (Å²) in [7, 11) is 1.75. The molecule has 0 aliphatic carbocycles.